The van der Waals surface area contributed by atoms with Crippen molar-refractivity contribution in [2.75, 3.05) is 18.9 Å². The molecule has 1 amide bonds. The highest BCUT2D eigenvalue weighted by Gasteiger charge is 2.03. The van der Waals surface area contributed by atoms with Crippen LogP contribution in [0.25, 0.3) is 0 Å². The van der Waals surface area contributed by atoms with E-state index in [-0.39, 0.29) is 18.1 Å². The molecule has 0 spiro atoms. The van der Waals surface area contributed by atoms with E-state index < -0.39 is 5.82 Å². The van der Waals surface area contributed by atoms with Crippen molar-refractivity contribution in [3.8, 4) is 0 Å². The Morgan fingerprint density at radius 2 is 2.29 bits per heavy atom. The minimum absolute atomic E-state index is 0.0216. The maximum Gasteiger partial charge on any atom is 0.239 e. The van der Waals surface area contributed by atoms with Crippen LogP contribution < -0.4 is 10.6 Å². The van der Waals surface area contributed by atoms with Crippen molar-refractivity contribution < 1.29 is 9.18 Å². The molecule has 0 radical (unpaired) electrons. The lowest BCUT2D eigenvalue weighted by atomic mass is 10.3. The highest BCUT2D eigenvalue weighted by molar-refractivity contribution is 6.30. The van der Waals surface area contributed by atoms with Gasteiger partial charge in [0.15, 0.2) is 0 Å². The predicted molar refractivity (Wildman–Crippen MR) is 54.0 cm³/mol. The molecule has 0 heterocycles. The molecule has 0 atom stereocenters. The topological polar surface area (TPSA) is 41.1 Å². The van der Waals surface area contributed by atoms with Gasteiger partial charge in [-0.25, -0.2) is 4.39 Å². The average Bonchev–Trinajstić information content (AvgIpc) is 2.19. The van der Waals surface area contributed by atoms with Crippen LogP contribution in [0, 0.1) is 5.82 Å². The molecule has 0 fully saturated rings. The van der Waals surface area contributed by atoms with Crippen LogP contribution in [0.1, 0.15) is 0 Å². The number of carbonyl (C=O) groups excluding carboxylic acids is 1. The number of carbonyl (C=O) groups is 1. The summed E-state index contributed by atoms with van der Waals surface area (Å²) in [5.74, 6) is -0.650. The minimum atomic E-state index is -0.432. The number of benzene rings is 1. The van der Waals surface area contributed by atoms with E-state index >= 15 is 0 Å². The first-order valence-corrected chi connectivity index (χ1v) is 4.41. The zero-order chi connectivity index (χ0) is 10.6. The van der Waals surface area contributed by atoms with Crippen LogP contribution in [0.4, 0.5) is 10.1 Å². The van der Waals surface area contributed by atoms with Gasteiger partial charge in [-0.15, -0.1) is 0 Å². The number of hydrogen-bond acceptors (Lipinski definition) is 2. The molecule has 3 nitrogen and oxygen atoms in total. The Balaban J connectivity index is 2.66. The molecule has 14 heavy (non-hydrogen) atoms. The summed E-state index contributed by atoms with van der Waals surface area (Å²) >= 11 is 5.66. The summed E-state index contributed by atoms with van der Waals surface area (Å²) in [5, 5.41) is 5.47. The van der Waals surface area contributed by atoms with Gasteiger partial charge in [-0.1, -0.05) is 11.6 Å². The number of hydrogen-bond donors (Lipinski definition) is 2. The first-order valence-electron chi connectivity index (χ1n) is 4.03. The molecule has 0 saturated carbocycles. The predicted octanol–water partition coefficient (Wildman–Crippen LogP) is 1.64. The third-order valence-electron chi connectivity index (χ3n) is 1.65. The van der Waals surface area contributed by atoms with Crippen LogP contribution in [-0.2, 0) is 4.79 Å². The zero-order valence-electron chi connectivity index (χ0n) is 7.60. The van der Waals surface area contributed by atoms with Gasteiger partial charge in [-0.2, -0.15) is 0 Å². The van der Waals surface area contributed by atoms with E-state index in [1.54, 1.807) is 0 Å². The molecule has 5 heteroatoms. The second-order valence-electron chi connectivity index (χ2n) is 2.65. The van der Waals surface area contributed by atoms with Crippen LogP contribution in [0.2, 0.25) is 5.02 Å². The second-order valence-corrected chi connectivity index (χ2v) is 3.09. The first-order chi connectivity index (χ1) is 6.63. The summed E-state index contributed by atoms with van der Waals surface area (Å²) in [4.78, 5) is 10.9. The van der Waals surface area contributed by atoms with Crippen LogP contribution in [0.15, 0.2) is 18.2 Å². The lowest BCUT2D eigenvalue weighted by molar-refractivity contribution is -0.118. The summed E-state index contributed by atoms with van der Waals surface area (Å²) in [6.07, 6.45) is 0. The monoisotopic (exact) mass is 216 g/mol. The highest BCUT2D eigenvalue weighted by Crippen LogP contribution is 2.18. The molecular weight excluding hydrogens is 207 g/mol. The summed E-state index contributed by atoms with van der Waals surface area (Å²) < 4.78 is 13.1. The zero-order valence-corrected chi connectivity index (χ0v) is 8.36. The molecule has 0 saturated heterocycles. The fourth-order valence-electron chi connectivity index (χ4n) is 0.897. The summed E-state index contributed by atoms with van der Waals surface area (Å²) in [6.45, 7) is 0.0216. The molecule has 1 rings (SSSR count). The van der Waals surface area contributed by atoms with Crippen molar-refractivity contribution in [2.24, 2.45) is 0 Å². The fraction of sp³-hybridized carbons (Fsp3) is 0.222. The van der Waals surface area contributed by atoms with E-state index in [9.17, 15) is 9.18 Å². The Hall–Kier alpha value is -1.29. The lowest BCUT2D eigenvalue weighted by Crippen LogP contribution is -2.26. The van der Waals surface area contributed by atoms with Crippen molar-refractivity contribution >= 4 is 23.2 Å². The molecule has 0 aromatic heterocycles. The molecule has 2 N–H and O–H groups in total. The lowest BCUT2D eigenvalue weighted by Gasteiger charge is -2.06. The number of amides is 1. The van der Waals surface area contributed by atoms with Crippen molar-refractivity contribution in [2.45, 2.75) is 0 Å². The number of likely N-dealkylation sites (N-methyl/N-ethyl adjacent to an activating group) is 1. The van der Waals surface area contributed by atoms with E-state index in [2.05, 4.69) is 10.6 Å². The van der Waals surface area contributed by atoms with Crippen molar-refractivity contribution in [1.82, 2.24) is 5.32 Å². The Labute approximate surface area is 86.3 Å². The Bertz CT molecular complexity index is 344. The number of anilines is 1. The third kappa shape index (κ3) is 2.88. The van der Waals surface area contributed by atoms with Crippen LogP contribution in [0.3, 0.4) is 0 Å². The van der Waals surface area contributed by atoms with Gasteiger partial charge in [0.25, 0.3) is 0 Å². The van der Waals surface area contributed by atoms with Gasteiger partial charge >= 0.3 is 0 Å². The van der Waals surface area contributed by atoms with Crippen LogP contribution in [-0.4, -0.2) is 19.5 Å². The Morgan fingerprint density at radius 3 is 2.93 bits per heavy atom. The van der Waals surface area contributed by atoms with Gasteiger partial charge in [0.2, 0.25) is 5.91 Å². The van der Waals surface area contributed by atoms with Gasteiger partial charge in [0, 0.05) is 12.1 Å². The van der Waals surface area contributed by atoms with Gasteiger partial charge < -0.3 is 10.6 Å². The largest absolute Gasteiger partial charge is 0.374 e. The average molecular weight is 217 g/mol. The number of halogens is 2. The molecule has 0 aliphatic heterocycles. The molecule has 0 aliphatic carbocycles. The van der Waals surface area contributed by atoms with E-state index in [0.717, 1.165) is 0 Å². The molecule has 1 aromatic rings. The van der Waals surface area contributed by atoms with Gasteiger partial charge in [-0.05, 0) is 18.2 Å². The maximum absolute atomic E-state index is 13.1. The summed E-state index contributed by atoms with van der Waals surface area (Å²) in [6, 6.07) is 4.12. The molecule has 1 aromatic carbocycles. The van der Waals surface area contributed by atoms with Crippen molar-refractivity contribution in [1.29, 1.82) is 0 Å². The van der Waals surface area contributed by atoms with Crippen LogP contribution in [0.5, 0.6) is 0 Å². The van der Waals surface area contributed by atoms with E-state index in [4.69, 9.17) is 11.6 Å². The van der Waals surface area contributed by atoms with Gasteiger partial charge in [0.05, 0.1) is 12.2 Å². The van der Waals surface area contributed by atoms with Crippen LogP contribution >= 0.6 is 11.6 Å². The smallest absolute Gasteiger partial charge is 0.239 e. The molecule has 76 valence electrons. The molecule has 0 unspecified atom stereocenters. The summed E-state index contributed by atoms with van der Waals surface area (Å²) in [7, 11) is 1.51. The van der Waals surface area contributed by atoms with Crippen molar-refractivity contribution in [3.63, 3.8) is 0 Å². The fourth-order valence-corrected chi connectivity index (χ4v) is 1.07. The van der Waals surface area contributed by atoms with Gasteiger partial charge in [-0.3, -0.25) is 4.79 Å². The second kappa shape index (κ2) is 4.81. The summed E-state index contributed by atoms with van der Waals surface area (Å²) in [5.41, 5.74) is 0.223. The maximum atomic E-state index is 13.1. The van der Waals surface area contributed by atoms with E-state index in [1.807, 2.05) is 0 Å². The van der Waals surface area contributed by atoms with Crippen molar-refractivity contribution in [3.05, 3.63) is 29.0 Å². The quantitative estimate of drug-likeness (QED) is 0.807. The SMILES string of the molecule is CNC(=O)CNc1cc(Cl)ccc1F. The first kappa shape index (κ1) is 10.8. The molecule has 0 bridgehead atoms. The Morgan fingerprint density at radius 1 is 1.57 bits per heavy atom. The van der Waals surface area contributed by atoms with Gasteiger partial charge in [0.1, 0.15) is 5.82 Å². The normalized spacial score (nSPS) is 9.64. The number of rotatable bonds is 3. The number of nitrogens with one attached hydrogen (secondary N) is 2. The third-order valence-corrected chi connectivity index (χ3v) is 1.88. The van der Waals surface area contributed by atoms with E-state index in [1.165, 1.54) is 25.2 Å². The Kier molecular flexibility index (Phi) is 3.71. The standard InChI is InChI=1S/C9H10ClFN2O/c1-12-9(14)5-13-8-4-6(10)2-3-7(8)11/h2-4,13H,5H2,1H3,(H,12,14). The highest BCUT2D eigenvalue weighted by atomic mass is 35.5. The minimum Gasteiger partial charge on any atom is -0.374 e. The molecule has 0 aliphatic rings. The molecular formula is C9H10ClFN2O. The van der Waals surface area contributed by atoms with E-state index in [0.29, 0.717) is 5.02 Å².